The zero-order valence-electron chi connectivity index (χ0n) is 14.9. The molecule has 0 spiro atoms. The van der Waals surface area contributed by atoms with Gasteiger partial charge in [-0.1, -0.05) is 0 Å². The number of methoxy groups -OCH3 is 1. The second-order valence-corrected chi connectivity index (χ2v) is 6.87. The fourth-order valence-corrected chi connectivity index (χ4v) is 3.53. The van der Waals surface area contributed by atoms with Crippen molar-refractivity contribution in [1.29, 1.82) is 0 Å². The molecule has 2 aromatic rings. The maximum atomic E-state index is 11.8. The van der Waals surface area contributed by atoms with Gasteiger partial charge in [-0.05, 0) is 31.2 Å². The first-order valence-corrected chi connectivity index (χ1v) is 9.11. The molecule has 9 heteroatoms. The largest absolute Gasteiger partial charge is 0.497 e. The van der Waals surface area contributed by atoms with Gasteiger partial charge in [-0.3, -0.25) is 14.6 Å². The highest BCUT2D eigenvalue weighted by atomic mass is 32.2. The molecule has 1 aromatic carbocycles. The Kier molecular flexibility index (Phi) is 7.00. The zero-order valence-corrected chi connectivity index (χ0v) is 15.7. The lowest BCUT2D eigenvalue weighted by Crippen LogP contribution is -2.42. The molecule has 0 saturated heterocycles. The van der Waals surface area contributed by atoms with Gasteiger partial charge in [-0.15, -0.1) is 11.8 Å². The van der Waals surface area contributed by atoms with Crippen LogP contribution in [0.25, 0.3) is 10.9 Å². The zero-order chi connectivity index (χ0) is 20.0. The van der Waals surface area contributed by atoms with Crippen molar-refractivity contribution in [3.63, 3.8) is 0 Å². The Bertz CT molecular complexity index is 870. The Balaban J connectivity index is 2.15. The lowest BCUT2D eigenvalue weighted by Gasteiger charge is -2.15. The van der Waals surface area contributed by atoms with Crippen LogP contribution in [0.15, 0.2) is 29.2 Å². The van der Waals surface area contributed by atoms with Crippen molar-refractivity contribution in [2.75, 3.05) is 12.9 Å². The van der Waals surface area contributed by atoms with Gasteiger partial charge in [0.25, 0.3) is 0 Å². The van der Waals surface area contributed by atoms with Crippen LogP contribution in [0.4, 0.5) is 0 Å². The van der Waals surface area contributed by atoms with Gasteiger partial charge in [-0.2, -0.15) is 0 Å². The molecule has 1 unspecified atom stereocenters. The smallest absolute Gasteiger partial charge is 0.327 e. The van der Waals surface area contributed by atoms with E-state index < -0.39 is 23.9 Å². The lowest BCUT2D eigenvalue weighted by atomic mass is 10.2. The molecule has 3 N–H and O–H groups in total. The molecular weight excluding hydrogens is 372 g/mol. The molecule has 1 heterocycles. The highest BCUT2D eigenvalue weighted by Gasteiger charge is 2.21. The summed E-state index contributed by atoms with van der Waals surface area (Å²) < 4.78 is 5.23. The van der Waals surface area contributed by atoms with Crippen LogP contribution >= 0.6 is 11.8 Å². The quantitative estimate of drug-likeness (QED) is 0.554. The molecular formula is C18H20N2O6S. The Hall–Kier alpha value is -2.81. The van der Waals surface area contributed by atoms with Crippen LogP contribution in [0.1, 0.15) is 18.5 Å². The van der Waals surface area contributed by atoms with Crippen molar-refractivity contribution in [1.82, 2.24) is 10.3 Å². The summed E-state index contributed by atoms with van der Waals surface area (Å²) in [6, 6.07) is 6.16. The van der Waals surface area contributed by atoms with Crippen LogP contribution in [0.3, 0.4) is 0 Å². The maximum absolute atomic E-state index is 11.8. The summed E-state index contributed by atoms with van der Waals surface area (Å²) in [4.78, 5) is 39.0. The van der Waals surface area contributed by atoms with Gasteiger partial charge in [-0.25, -0.2) is 4.79 Å². The van der Waals surface area contributed by atoms with E-state index in [1.165, 1.54) is 11.8 Å². The van der Waals surface area contributed by atoms with Crippen LogP contribution in [-0.2, 0) is 14.4 Å². The summed E-state index contributed by atoms with van der Waals surface area (Å²) in [6.45, 7) is 1.84. The summed E-state index contributed by atoms with van der Waals surface area (Å²) in [5.74, 6) is -2.16. The molecule has 0 aliphatic carbocycles. The predicted octanol–water partition coefficient (Wildman–Crippen LogP) is 2.08. The van der Waals surface area contributed by atoms with Gasteiger partial charge in [0.15, 0.2) is 0 Å². The summed E-state index contributed by atoms with van der Waals surface area (Å²) in [7, 11) is 1.56. The van der Waals surface area contributed by atoms with Crippen molar-refractivity contribution < 1.29 is 29.3 Å². The lowest BCUT2D eigenvalue weighted by molar-refractivity contribution is -0.141. The molecule has 1 aromatic heterocycles. The number of amides is 1. The van der Waals surface area contributed by atoms with Crippen molar-refractivity contribution in [3.05, 3.63) is 30.0 Å². The van der Waals surface area contributed by atoms with E-state index in [9.17, 15) is 19.5 Å². The van der Waals surface area contributed by atoms with Crippen molar-refractivity contribution in [2.24, 2.45) is 0 Å². The number of aliphatic carboxylic acids is 2. The molecule has 0 saturated carbocycles. The number of pyridine rings is 1. The second-order valence-electron chi connectivity index (χ2n) is 5.81. The van der Waals surface area contributed by atoms with E-state index in [4.69, 9.17) is 9.84 Å². The van der Waals surface area contributed by atoms with E-state index >= 15 is 0 Å². The molecule has 27 heavy (non-hydrogen) atoms. The van der Waals surface area contributed by atoms with Gasteiger partial charge in [0.05, 0.1) is 19.0 Å². The Labute approximate surface area is 159 Å². The number of ether oxygens (including phenoxy) is 1. The first-order valence-electron chi connectivity index (χ1n) is 8.12. The number of benzene rings is 1. The van der Waals surface area contributed by atoms with Crippen LogP contribution < -0.4 is 10.1 Å². The number of nitrogens with one attached hydrogen (secondary N) is 1. The highest BCUT2D eigenvalue weighted by Crippen LogP contribution is 2.31. The minimum atomic E-state index is -1.18. The van der Waals surface area contributed by atoms with Crippen molar-refractivity contribution in [3.8, 4) is 5.75 Å². The number of hydrogen-bond acceptors (Lipinski definition) is 6. The molecule has 1 atom stereocenters. The number of carboxylic acids is 2. The maximum Gasteiger partial charge on any atom is 0.327 e. The molecule has 8 nitrogen and oxygen atoms in total. The number of rotatable bonds is 9. The van der Waals surface area contributed by atoms with E-state index in [1.807, 2.05) is 25.1 Å². The number of carbonyl (C=O) groups excluding carboxylic acids is 1. The number of carboxylic acid groups (broad SMARTS) is 2. The van der Waals surface area contributed by atoms with Crippen LogP contribution in [0, 0.1) is 6.92 Å². The topological polar surface area (TPSA) is 126 Å². The van der Waals surface area contributed by atoms with Gasteiger partial charge < -0.3 is 20.3 Å². The number of thioether (sulfide) groups is 1. The van der Waals surface area contributed by atoms with Gasteiger partial charge in [0.1, 0.15) is 11.8 Å². The van der Waals surface area contributed by atoms with Crippen LogP contribution in [0.2, 0.25) is 0 Å². The van der Waals surface area contributed by atoms with Gasteiger partial charge in [0.2, 0.25) is 5.91 Å². The Morgan fingerprint density at radius 1 is 1.22 bits per heavy atom. The first-order chi connectivity index (χ1) is 12.8. The molecule has 144 valence electrons. The number of carbonyl (C=O) groups is 3. The molecule has 0 radical (unpaired) electrons. The molecule has 1 amide bonds. The van der Waals surface area contributed by atoms with E-state index in [-0.39, 0.29) is 18.6 Å². The highest BCUT2D eigenvalue weighted by molar-refractivity contribution is 7.99. The van der Waals surface area contributed by atoms with E-state index in [1.54, 1.807) is 13.2 Å². The standard InChI is InChI=1S/C18H20N2O6S/c1-10-7-15(12-8-11(26-2)3-4-13(12)19-10)27-9-14(18(24)25)20-16(21)5-6-17(22)23/h3-4,7-8,14H,5-6,9H2,1-2H3,(H,20,21)(H,22,23)(H,24,25). The molecule has 0 fully saturated rings. The minimum absolute atomic E-state index is 0.0872. The van der Waals surface area contributed by atoms with E-state index in [0.717, 1.165) is 21.5 Å². The number of nitrogens with zero attached hydrogens (tertiary/aromatic N) is 1. The minimum Gasteiger partial charge on any atom is -0.497 e. The average molecular weight is 392 g/mol. The number of fused-ring (bicyclic) bond motifs is 1. The average Bonchev–Trinajstić information content (AvgIpc) is 2.62. The number of hydrogen-bond donors (Lipinski definition) is 3. The van der Waals surface area contributed by atoms with Crippen molar-refractivity contribution >= 4 is 40.5 Å². The second kappa shape index (κ2) is 9.22. The fourth-order valence-electron chi connectivity index (χ4n) is 2.38. The van der Waals surface area contributed by atoms with Crippen LogP contribution in [0.5, 0.6) is 5.75 Å². The summed E-state index contributed by atoms with van der Waals surface area (Å²) in [5, 5.41) is 21.2. The summed E-state index contributed by atoms with van der Waals surface area (Å²) in [6.07, 6.45) is -0.614. The molecule has 0 bridgehead atoms. The molecule has 0 aliphatic rings. The third-order valence-corrected chi connectivity index (χ3v) is 4.86. The normalized spacial score (nSPS) is 11.8. The monoisotopic (exact) mass is 392 g/mol. The summed E-state index contributed by atoms with van der Waals surface area (Å²) in [5.41, 5.74) is 1.54. The van der Waals surface area contributed by atoms with Gasteiger partial charge >= 0.3 is 11.9 Å². The fraction of sp³-hybridized carbons (Fsp3) is 0.333. The number of aryl methyl sites for hydroxylation is 1. The summed E-state index contributed by atoms with van der Waals surface area (Å²) >= 11 is 1.28. The van der Waals surface area contributed by atoms with E-state index in [0.29, 0.717) is 5.75 Å². The number of aromatic nitrogens is 1. The SMILES string of the molecule is COc1ccc2nc(C)cc(SCC(NC(=O)CCC(=O)O)C(=O)O)c2c1. The third-order valence-electron chi connectivity index (χ3n) is 3.71. The first kappa shape index (κ1) is 20.5. The van der Waals surface area contributed by atoms with Crippen molar-refractivity contribution in [2.45, 2.75) is 30.7 Å². The molecule has 0 aliphatic heterocycles. The van der Waals surface area contributed by atoms with E-state index in [2.05, 4.69) is 10.3 Å². The Morgan fingerprint density at radius 2 is 1.96 bits per heavy atom. The third kappa shape index (κ3) is 5.85. The predicted molar refractivity (Wildman–Crippen MR) is 100 cm³/mol. The van der Waals surface area contributed by atoms with Crippen LogP contribution in [-0.4, -0.2) is 51.9 Å². The van der Waals surface area contributed by atoms with Gasteiger partial charge in [0, 0.05) is 28.1 Å². The Morgan fingerprint density at radius 3 is 2.59 bits per heavy atom. The molecule has 2 rings (SSSR count).